The van der Waals surface area contributed by atoms with Gasteiger partial charge in [-0.1, -0.05) is 22.0 Å². The van der Waals surface area contributed by atoms with Crippen LogP contribution in [-0.4, -0.2) is 6.54 Å². The molecule has 0 heterocycles. The second-order valence-corrected chi connectivity index (χ2v) is 4.86. The van der Waals surface area contributed by atoms with E-state index in [1.165, 1.54) is 24.0 Å². The molecule has 1 fully saturated rings. The van der Waals surface area contributed by atoms with E-state index in [2.05, 4.69) is 41.1 Å². The summed E-state index contributed by atoms with van der Waals surface area (Å²) in [7, 11) is 0. The maximum absolute atomic E-state index is 5.80. The van der Waals surface area contributed by atoms with Gasteiger partial charge in [0.1, 0.15) is 0 Å². The fourth-order valence-electron chi connectivity index (χ4n) is 1.96. The Balaban J connectivity index is 2.41. The van der Waals surface area contributed by atoms with Crippen molar-refractivity contribution in [1.29, 1.82) is 0 Å². The third-order valence-electron chi connectivity index (χ3n) is 3.00. The van der Waals surface area contributed by atoms with E-state index in [0.29, 0.717) is 5.41 Å². The molecule has 2 rings (SSSR count). The molecule has 1 aromatic rings. The first-order chi connectivity index (χ1) is 6.18. The van der Waals surface area contributed by atoms with E-state index >= 15 is 0 Å². The van der Waals surface area contributed by atoms with Crippen LogP contribution < -0.4 is 5.73 Å². The van der Waals surface area contributed by atoms with Crippen LogP contribution in [0.3, 0.4) is 0 Å². The highest BCUT2D eigenvalue weighted by atomic mass is 79.9. The molecule has 1 aliphatic carbocycles. The molecule has 2 heteroatoms. The topological polar surface area (TPSA) is 26.0 Å². The molecule has 0 aliphatic heterocycles. The van der Waals surface area contributed by atoms with Gasteiger partial charge in [-0.2, -0.15) is 0 Å². The molecule has 13 heavy (non-hydrogen) atoms. The first-order valence-corrected chi connectivity index (χ1v) is 5.44. The van der Waals surface area contributed by atoms with Crippen molar-refractivity contribution in [3.05, 3.63) is 33.8 Å². The molecule has 1 aromatic carbocycles. The van der Waals surface area contributed by atoms with Crippen LogP contribution in [-0.2, 0) is 5.41 Å². The zero-order valence-corrected chi connectivity index (χ0v) is 9.39. The number of rotatable bonds is 2. The molecule has 0 spiro atoms. The lowest BCUT2D eigenvalue weighted by atomic mass is 9.92. The minimum atomic E-state index is 0.324. The summed E-state index contributed by atoms with van der Waals surface area (Å²) in [5.41, 5.74) is 8.92. The van der Waals surface area contributed by atoms with Gasteiger partial charge in [-0.3, -0.25) is 0 Å². The van der Waals surface area contributed by atoms with E-state index in [0.717, 1.165) is 11.0 Å². The highest BCUT2D eigenvalue weighted by Gasteiger charge is 2.43. The van der Waals surface area contributed by atoms with E-state index in [9.17, 15) is 0 Å². The number of hydrogen-bond acceptors (Lipinski definition) is 1. The Morgan fingerprint density at radius 2 is 2.15 bits per heavy atom. The maximum Gasteiger partial charge on any atom is 0.0178 e. The van der Waals surface area contributed by atoms with Crippen LogP contribution in [0.1, 0.15) is 24.0 Å². The lowest BCUT2D eigenvalue weighted by Crippen LogP contribution is -2.20. The molecule has 0 radical (unpaired) electrons. The van der Waals surface area contributed by atoms with Crippen LogP contribution in [0.25, 0.3) is 0 Å². The molecule has 0 aromatic heterocycles. The quantitative estimate of drug-likeness (QED) is 0.845. The second-order valence-electron chi connectivity index (χ2n) is 3.94. The van der Waals surface area contributed by atoms with E-state index in [4.69, 9.17) is 5.73 Å². The summed E-state index contributed by atoms with van der Waals surface area (Å²) >= 11 is 3.47. The first kappa shape index (κ1) is 9.22. The monoisotopic (exact) mass is 239 g/mol. The lowest BCUT2D eigenvalue weighted by molar-refractivity contribution is 0.699. The van der Waals surface area contributed by atoms with E-state index < -0.39 is 0 Å². The standard InChI is InChI=1S/C11H14BrN/c1-8-6-9(12)2-3-10(8)11(7-13)4-5-11/h2-3,6H,4-5,7,13H2,1H3. The smallest absolute Gasteiger partial charge is 0.0178 e. The van der Waals surface area contributed by atoms with Gasteiger partial charge in [0.2, 0.25) is 0 Å². The Labute approximate surface area is 87.5 Å². The van der Waals surface area contributed by atoms with Crippen molar-refractivity contribution in [1.82, 2.24) is 0 Å². The average molecular weight is 240 g/mol. The predicted molar refractivity (Wildman–Crippen MR) is 58.8 cm³/mol. The van der Waals surface area contributed by atoms with Crippen LogP contribution in [0.4, 0.5) is 0 Å². The highest BCUT2D eigenvalue weighted by molar-refractivity contribution is 9.10. The van der Waals surface area contributed by atoms with Crippen molar-refractivity contribution in [2.45, 2.75) is 25.2 Å². The number of hydrogen-bond donors (Lipinski definition) is 1. The van der Waals surface area contributed by atoms with Gasteiger partial charge >= 0.3 is 0 Å². The van der Waals surface area contributed by atoms with Gasteiger partial charge in [-0.05, 0) is 43.0 Å². The van der Waals surface area contributed by atoms with Crippen molar-refractivity contribution in [2.75, 3.05) is 6.54 Å². The Kier molecular flexibility index (Phi) is 2.20. The normalized spacial score (nSPS) is 18.7. The van der Waals surface area contributed by atoms with Crippen molar-refractivity contribution >= 4 is 15.9 Å². The summed E-state index contributed by atoms with van der Waals surface area (Å²) < 4.78 is 1.15. The summed E-state index contributed by atoms with van der Waals surface area (Å²) in [6.07, 6.45) is 2.51. The largest absolute Gasteiger partial charge is 0.330 e. The number of halogens is 1. The fraction of sp³-hybridized carbons (Fsp3) is 0.455. The third-order valence-corrected chi connectivity index (χ3v) is 3.50. The van der Waals surface area contributed by atoms with Gasteiger partial charge in [-0.15, -0.1) is 0 Å². The zero-order chi connectivity index (χ0) is 9.47. The lowest BCUT2D eigenvalue weighted by Gasteiger charge is -2.15. The molecule has 70 valence electrons. The molecular formula is C11H14BrN. The van der Waals surface area contributed by atoms with Gasteiger partial charge in [-0.25, -0.2) is 0 Å². The Hall–Kier alpha value is -0.340. The van der Waals surface area contributed by atoms with Crippen molar-refractivity contribution in [3.8, 4) is 0 Å². The fourth-order valence-corrected chi connectivity index (χ4v) is 2.43. The minimum Gasteiger partial charge on any atom is -0.330 e. The Bertz CT molecular complexity index is 329. The molecule has 0 atom stereocenters. The van der Waals surface area contributed by atoms with Crippen LogP contribution in [0, 0.1) is 6.92 Å². The molecule has 1 saturated carbocycles. The number of aryl methyl sites for hydroxylation is 1. The van der Waals surface area contributed by atoms with Crippen molar-refractivity contribution < 1.29 is 0 Å². The van der Waals surface area contributed by atoms with Crippen LogP contribution in [0.15, 0.2) is 22.7 Å². The van der Waals surface area contributed by atoms with Crippen molar-refractivity contribution in [2.24, 2.45) is 5.73 Å². The molecule has 1 aliphatic rings. The van der Waals surface area contributed by atoms with Gasteiger partial charge in [0.15, 0.2) is 0 Å². The molecule has 2 N–H and O–H groups in total. The number of nitrogens with two attached hydrogens (primary N) is 1. The van der Waals surface area contributed by atoms with Gasteiger partial charge in [0.25, 0.3) is 0 Å². The van der Waals surface area contributed by atoms with Crippen LogP contribution >= 0.6 is 15.9 Å². The van der Waals surface area contributed by atoms with Gasteiger partial charge < -0.3 is 5.73 Å². The van der Waals surface area contributed by atoms with Crippen LogP contribution in [0.2, 0.25) is 0 Å². The van der Waals surface area contributed by atoms with Gasteiger partial charge in [0.05, 0.1) is 0 Å². The average Bonchev–Trinajstić information content (AvgIpc) is 2.85. The van der Waals surface area contributed by atoms with Crippen LogP contribution in [0.5, 0.6) is 0 Å². The zero-order valence-electron chi connectivity index (χ0n) is 7.81. The van der Waals surface area contributed by atoms with Gasteiger partial charge in [0, 0.05) is 16.4 Å². The summed E-state index contributed by atoms with van der Waals surface area (Å²) in [6, 6.07) is 6.49. The van der Waals surface area contributed by atoms with E-state index in [1.807, 2.05) is 0 Å². The first-order valence-electron chi connectivity index (χ1n) is 4.65. The summed E-state index contributed by atoms with van der Waals surface area (Å²) in [5.74, 6) is 0. The summed E-state index contributed by atoms with van der Waals surface area (Å²) in [5, 5.41) is 0. The summed E-state index contributed by atoms with van der Waals surface area (Å²) in [6.45, 7) is 2.95. The Morgan fingerprint density at radius 3 is 2.62 bits per heavy atom. The molecule has 1 nitrogen and oxygen atoms in total. The predicted octanol–water partition coefficient (Wildman–Crippen LogP) is 2.75. The number of benzene rings is 1. The molecule has 0 unspecified atom stereocenters. The highest BCUT2D eigenvalue weighted by Crippen LogP contribution is 2.48. The maximum atomic E-state index is 5.80. The van der Waals surface area contributed by atoms with Crippen molar-refractivity contribution in [3.63, 3.8) is 0 Å². The summed E-state index contributed by atoms with van der Waals surface area (Å²) in [4.78, 5) is 0. The van der Waals surface area contributed by atoms with E-state index in [-0.39, 0.29) is 0 Å². The minimum absolute atomic E-state index is 0.324. The molecular weight excluding hydrogens is 226 g/mol. The second kappa shape index (κ2) is 3.10. The molecule has 0 saturated heterocycles. The molecule has 0 bridgehead atoms. The Morgan fingerprint density at radius 1 is 1.46 bits per heavy atom. The SMILES string of the molecule is Cc1cc(Br)ccc1C1(CN)CC1. The molecule has 0 amide bonds. The third kappa shape index (κ3) is 1.53. The van der Waals surface area contributed by atoms with E-state index in [1.54, 1.807) is 0 Å².